The number of carbonyl (C=O) groups excluding carboxylic acids is 1. The summed E-state index contributed by atoms with van der Waals surface area (Å²) < 4.78 is 39.0. The third-order valence-corrected chi connectivity index (χ3v) is 4.44. The van der Waals surface area contributed by atoms with Gasteiger partial charge in [0.1, 0.15) is 0 Å². The molecule has 1 amide bonds. The number of amides is 1. The van der Waals surface area contributed by atoms with Gasteiger partial charge in [0.15, 0.2) is 0 Å². The highest BCUT2D eigenvalue weighted by molar-refractivity contribution is 6.34. The van der Waals surface area contributed by atoms with Gasteiger partial charge in [-0.15, -0.1) is 0 Å². The quantitative estimate of drug-likeness (QED) is 0.830. The summed E-state index contributed by atoms with van der Waals surface area (Å²) in [6.45, 7) is 0.321. The van der Waals surface area contributed by atoms with Crippen molar-refractivity contribution in [3.8, 4) is 0 Å². The zero-order valence-electron chi connectivity index (χ0n) is 13.9. The number of nitrogens with one attached hydrogen (secondary N) is 1. The third kappa shape index (κ3) is 4.13. The third-order valence-electron chi connectivity index (χ3n) is 4.03. The van der Waals surface area contributed by atoms with Crippen LogP contribution in [0.25, 0.3) is 0 Å². The first-order valence-corrected chi connectivity index (χ1v) is 8.31. The van der Waals surface area contributed by atoms with Crippen molar-refractivity contribution in [1.29, 1.82) is 0 Å². The van der Waals surface area contributed by atoms with Crippen LogP contribution in [0.2, 0.25) is 5.02 Å². The molecule has 0 spiro atoms. The standard InChI is InChI=1S/C17H15ClF3N5O/c18-14-10(3-1-4-11(14)17(19,20)21)15(27)26-8-5-13(12(22)9-26)25-16-23-6-2-7-24-16/h1-4,6-7H,5,8-9,22H2,(H,23,24,25). The normalized spacial score (nSPS) is 15.0. The van der Waals surface area contributed by atoms with Crippen LogP contribution in [0, 0.1) is 0 Å². The van der Waals surface area contributed by atoms with Crippen LogP contribution in [-0.4, -0.2) is 33.9 Å². The summed E-state index contributed by atoms with van der Waals surface area (Å²) in [6, 6.07) is 4.94. The zero-order valence-corrected chi connectivity index (χ0v) is 14.7. The molecule has 2 aromatic rings. The van der Waals surface area contributed by atoms with Gasteiger partial charge in [-0.3, -0.25) is 4.79 Å². The zero-order chi connectivity index (χ0) is 19.6. The lowest BCUT2D eigenvalue weighted by Crippen LogP contribution is -2.40. The van der Waals surface area contributed by atoms with E-state index in [9.17, 15) is 18.0 Å². The molecule has 0 atom stereocenters. The molecule has 0 aliphatic carbocycles. The van der Waals surface area contributed by atoms with Gasteiger partial charge in [0.05, 0.1) is 22.7 Å². The molecule has 142 valence electrons. The Kier molecular flexibility index (Phi) is 5.22. The summed E-state index contributed by atoms with van der Waals surface area (Å²) >= 11 is 5.84. The smallest absolute Gasteiger partial charge is 0.399 e. The molecule has 3 N–H and O–H groups in total. The van der Waals surface area contributed by atoms with Crippen molar-refractivity contribution in [2.45, 2.75) is 12.6 Å². The highest BCUT2D eigenvalue weighted by Crippen LogP contribution is 2.36. The van der Waals surface area contributed by atoms with Crippen LogP contribution in [0.3, 0.4) is 0 Å². The molecule has 0 fully saturated rings. The Morgan fingerprint density at radius 3 is 2.56 bits per heavy atom. The highest BCUT2D eigenvalue weighted by atomic mass is 35.5. The van der Waals surface area contributed by atoms with Gasteiger partial charge in [0.25, 0.3) is 5.91 Å². The first-order valence-electron chi connectivity index (χ1n) is 7.94. The van der Waals surface area contributed by atoms with Crippen molar-refractivity contribution in [2.75, 3.05) is 18.4 Å². The number of aromatic nitrogens is 2. The summed E-state index contributed by atoms with van der Waals surface area (Å²) in [6.07, 6.45) is -1.12. The largest absolute Gasteiger partial charge is 0.417 e. The van der Waals surface area contributed by atoms with Crippen LogP contribution in [0.1, 0.15) is 22.3 Å². The van der Waals surface area contributed by atoms with Gasteiger partial charge < -0.3 is 16.0 Å². The van der Waals surface area contributed by atoms with Crippen LogP contribution in [0.15, 0.2) is 48.1 Å². The van der Waals surface area contributed by atoms with Crippen molar-refractivity contribution in [3.05, 3.63) is 64.2 Å². The van der Waals surface area contributed by atoms with Gasteiger partial charge in [-0.25, -0.2) is 9.97 Å². The fourth-order valence-electron chi connectivity index (χ4n) is 2.69. The second-order valence-corrected chi connectivity index (χ2v) is 6.22. The van der Waals surface area contributed by atoms with Crippen LogP contribution in [0.4, 0.5) is 19.1 Å². The van der Waals surface area contributed by atoms with Gasteiger partial charge in [0, 0.05) is 36.8 Å². The minimum Gasteiger partial charge on any atom is -0.399 e. The minimum absolute atomic E-state index is 0.0561. The second-order valence-electron chi connectivity index (χ2n) is 5.84. The maximum atomic E-state index is 13.0. The summed E-state index contributed by atoms with van der Waals surface area (Å²) in [7, 11) is 0. The van der Waals surface area contributed by atoms with Crippen molar-refractivity contribution in [1.82, 2.24) is 14.9 Å². The first-order chi connectivity index (χ1) is 12.8. The first kappa shape index (κ1) is 19.0. The van der Waals surface area contributed by atoms with E-state index in [-0.39, 0.29) is 18.7 Å². The highest BCUT2D eigenvalue weighted by Gasteiger charge is 2.35. The lowest BCUT2D eigenvalue weighted by atomic mass is 10.1. The summed E-state index contributed by atoms with van der Waals surface area (Å²) in [5, 5.41) is 2.38. The van der Waals surface area contributed by atoms with E-state index in [0.29, 0.717) is 23.8 Å². The van der Waals surface area contributed by atoms with Gasteiger partial charge in [0.2, 0.25) is 5.95 Å². The summed E-state index contributed by atoms with van der Waals surface area (Å²) in [4.78, 5) is 22.1. The molecule has 1 aliphatic heterocycles. The number of nitrogens with two attached hydrogens (primary N) is 1. The van der Waals surface area contributed by atoms with Crippen molar-refractivity contribution < 1.29 is 18.0 Å². The lowest BCUT2D eigenvalue weighted by Gasteiger charge is -2.30. The minimum atomic E-state index is -4.64. The number of alkyl halides is 3. The average molecular weight is 398 g/mol. The second kappa shape index (κ2) is 7.43. The molecule has 0 saturated carbocycles. The predicted molar refractivity (Wildman–Crippen MR) is 93.8 cm³/mol. The van der Waals surface area contributed by atoms with E-state index < -0.39 is 22.7 Å². The van der Waals surface area contributed by atoms with Crippen molar-refractivity contribution >= 4 is 23.5 Å². The van der Waals surface area contributed by atoms with Gasteiger partial charge >= 0.3 is 6.18 Å². The molecular weight excluding hydrogens is 383 g/mol. The molecule has 0 bridgehead atoms. The lowest BCUT2D eigenvalue weighted by molar-refractivity contribution is -0.137. The van der Waals surface area contributed by atoms with E-state index in [1.807, 2.05) is 0 Å². The van der Waals surface area contributed by atoms with E-state index in [1.54, 1.807) is 18.5 Å². The Morgan fingerprint density at radius 2 is 1.93 bits per heavy atom. The van der Waals surface area contributed by atoms with Gasteiger partial charge in [-0.05, 0) is 18.2 Å². The molecule has 0 unspecified atom stereocenters. The van der Waals surface area contributed by atoms with Crippen LogP contribution in [0.5, 0.6) is 0 Å². The number of anilines is 1. The predicted octanol–water partition coefficient (Wildman–Crippen LogP) is 3.28. The van der Waals surface area contributed by atoms with E-state index in [0.717, 1.165) is 12.1 Å². The van der Waals surface area contributed by atoms with Gasteiger partial charge in [-0.2, -0.15) is 13.2 Å². The molecule has 2 heterocycles. The molecule has 10 heteroatoms. The number of nitrogens with zero attached hydrogens (tertiary/aromatic N) is 3. The fourth-order valence-corrected chi connectivity index (χ4v) is 3.00. The van der Waals surface area contributed by atoms with Crippen LogP contribution < -0.4 is 11.1 Å². The summed E-state index contributed by atoms with van der Waals surface area (Å²) in [5.41, 5.74) is 5.82. The van der Waals surface area contributed by atoms with Crippen molar-refractivity contribution in [2.24, 2.45) is 5.73 Å². The molecule has 27 heavy (non-hydrogen) atoms. The number of carbonyl (C=O) groups is 1. The number of halogens is 4. The topological polar surface area (TPSA) is 84.1 Å². The van der Waals surface area contributed by atoms with E-state index in [4.69, 9.17) is 17.3 Å². The summed E-state index contributed by atoms with van der Waals surface area (Å²) in [5.74, 6) is -0.236. The van der Waals surface area contributed by atoms with E-state index >= 15 is 0 Å². The number of rotatable bonds is 3. The SMILES string of the molecule is NC1=C(Nc2ncccn2)CCN(C(=O)c2cccc(C(F)(F)F)c2Cl)C1. The fraction of sp³-hybridized carbons (Fsp3) is 0.235. The Balaban J connectivity index is 1.79. The molecule has 1 aromatic heterocycles. The number of benzene rings is 1. The molecule has 3 rings (SSSR count). The molecular formula is C17H15ClF3N5O. The Hall–Kier alpha value is -2.81. The molecule has 0 radical (unpaired) electrons. The molecule has 0 saturated heterocycles. The van der Waals surface area contributed by atoms with E-state index in [1.165, 1.54) is 11.0 Å². The van der Waals surface area contributed by atoms with Crippen molar-refractivity contribution in [3.63, 3.8) is 0 Å². The number of hydrogen-bond donors (Lipinski definition) is 2. The monoisotopic (exact) mass is 397 g/mol. The maximum Gasteiger partial charge on any atom is 0.417 e. The Bertz CT molecular complexity index is 886. The molecule has 1 aromatic carbocycles. The Labute approximate surface area is 157 Å². The van der Waals surface area contributed by atoms with E-state index in [2.05, 4.69) is 15.3 Å². The Morgan fingerprint density at radius 1 is 1.22 bits per heavy atom. The maximum absolute atomic E-state index is 13.0. The average Bonchev–Trinajstić information content (AvgIpc) is 2.63. The van der Waals surface area contributed by atoms with Crippen LogP contribution in [-0.2, 0) is 6.18 Å². The molecule has 6 nitrogen and oxygen atoms in total. The number of hydrogen-bond acceptors (Lipinski definition) is 5. The molecule has 1 aliphatic rings. The van der Waals surface area contributed by atoms with Gasteiger partial charge in [-0.1, -0.05) is 17.7 Å². The van der Waals surface area contributed by atoms with Crippen LogP contribution >= 0.6 is 11.6 Å².